The number of fused-ring (bicyclic) bond motifs is 2. The standard InChI is InChI=1S/C23H26FN4O3/c1-14-17(23(30)28-9-2-3-19(29)22(28)25-14)8-12-27-10-6-15(7-11-27)21-18-5-4-16(24)13-20(18)31-26-21/h4-5,13,15,19H,2-3,6-12H2,1H3/q-1. The van der Waals surface area contributed by atoms with Crippen LogP contribution in [-0.4, -0.2) is 39.2 Å². The second-order valence-corrected chi connectivity index (χ2v) is 8.70. The SMILES string of the molecule is Cc1nc2n(c(=O)c1CCN1CCC(c3noc4cc(F)ccc34)CC1)CCCC2[O-]. The lowest BCUT2D eigenvalue weighted by Gasteiger charge is -2.32. The van der Waals surface area contributed by atoms with Crippen molar-refractivity contribution in [3.8, 4) is 0 Å². The van der Waals surface area contributed by atoms with Crippen molar-refractivity contribution in [3.05, 3.63) is 57.1 Å². The molecule has 3 aromatic rings. The van der Waals surface area contributed by atoms with Crippen LogP contribution >= 0.6 is 0 Å². The number of rotatable bonds is 4. The van der Waals surface area contributed by atoms with Crippen molar-refractivity contribution in [1.29, 1.82) is 0 Å². The lowest BCUT2D eigenvalue weighted by atomic mass is 9.91. The fraction of sp³-hybridized carbons (Fsp3) is 0.522. The van der Waals surface area contributed by atoms with Crippen LogP contribution in [0.4, 0.5) is 4.39 Å². The Bertz CT molecular complexity index is 1160. The van der Waals surface area contributed by atoms with Crippen LogP contribution in [0.1, 0.15) is 60.5 Å². The average molecular weight is 425 g/mol. The van der Waals surface area contributed by atoms with Gasteiger partial charge < -0.3 is 14.5 Å². The van der Waals surface area contributed by atoms with E-state index in [9.17, 15) is 14.3 Å². The van der Waals surface area contributed by atoms with E-state index >= 15 is 0 Å². The number of benzene rings is 1. The molecule has 7 nitrogen and oxygen atoms in total. The lowest BCUT2D eigenvalue weighted by Crippen LogP contribution is -2.39. The van der Waals surface area contributed by atoms with Crippen molar-refractivity contribution < 1.29 is 14.0 Å². The summed E-state index contributed by atoms with van der Waals surface area (Å²) in [5.41, 5.74) is 2.78. The Morgan fingerprint density at radius 3 is 2.84 bits per heavy atom. The minimum Gasteiger partial charge on any atom is -0.846 e. The maximum absolute atomic E-state index is 13.4. The Hall–Kier alpha value is -2.58. The molecule has 1 aromatic carbocycles. The van der Waals surface area contributed by atoms with Crippen molar-refractivity contribution in [2.75, 3.05) is 19.6 Å². The van der Waals surface area contributed by atoms with E-state index < -0.39 is 6.10 Å². The molecule has 0 radical (unpaired) electrons. The smallest absolute Gasteiger partial charge is 0.256 e. The van der Waals surface area contributed by atoms with Crippen molar-refractivity contribution in [1.82, 2.24) is 19.6 Å². The predicted octanol–water partition coefficient (Wildman–Crippen LogP) is 2.45. The number of hydrogen-bond donors (Lipinski definition) is 0. The lowest BCUT2D eigenvalue weighted by molar-refractivity contribution is -0.433. The topological polar surface area (TPSA) is 87.2 Å². The fourth-order valence-electron chi connectivity index (χ4n) is 4.96. The number of nitrogens with zero attached hydrogens (tertiary/aromatic N) is 4. The summed E-state index contributed by atoms with van der Waals surface area (Å²) in [5, 5.41) is 17.3. The van der Waals surface area contributed by atoms with Gasteiger partial charge in [0.05, 0.1) is 11.5 Å². The Morgan fingerprint density at radius 2 is 2.03 bits per heavy atom. The normalized spacial score (nSPS) is 20.3. The Balaban J connectivity index is 1.24. The third-order valence-corrected chi connectivity index (χ3v) is 6.75. The first kappa shape index (κ1) is 20.3. The van der Waals surface area contributed by atoms with Crippen molar-refractivity contribution in [3.63, 3.8) is 0 Å². The predicted molar refractivity (Wildman–Crippen MR) is 111 cm³/mol. The van der Waals surface area contributed by atoms with E-state index in [0.717, 1.165) is 55.5 Å². The maximum atomic E-state index is 13.4. The number of aromatic nitrogens is 3. The summed E-state index contributed by atoms with van der Waals surface area (Å²) in [5.74, 6) is 0.367. The highest BCUT2D eigenvalue weighted by Gasteiger charge is 2.26. The monoisotopic (exact) mass is 425 g/mol. The molecule has 1 unspecified atom stereocenters. The second kappa shape index (κ2) is 8.16. The largest absolute Gasteiger partial charge is 0.846 e. The van der Waals surface area contributed by atoms with E-state index in [1.165, 1.54) is 12.1 Å². The Labute approximate surface area is 179 Å². The minimum atomic E-state index is -0.891. The van der Waals surface area contributed by atoms with E-state index in [-0.39, 0.29) is 17.3 Å². The highest BCUT2D eigenvalue weighted by Crippen LogP contribution is 2.32. The van der Waals surface area contributed by atoms with Crippen LogP contribution in [0.5, 0.6) is 0 Å². The first-order valence-electron chi connectivity index (χ1n) is 11.0. The van der Waals surface area contributed by atoms with E-state index in [2.05, 4.69) is 15.0 Å². The zero-order chi connectivity index (χ0) is 21.5. The van der Waals surface area contributed by atoms with Crippen molar-refractivity contribution in [2.24, 2.45) is 0 Å². The van der Waals surface area contributed by atoms with Crippen LogP contribution in [0.3, 0.4) is 0 Å². The van der Waals surface area contributed by atoms with Crippen LogP contribution in [0.15, 0.2) is 27.5 Å². The van der Waals surface area contributed by atoms with Crippen LogP contribution in [0, 0.1) is 12.7 Å². The van der Waals surface area contributed by atoms with Gasteiger partial charge >= 0.3 is 0 Å². The van der Waals surface area contributed by atoms with Crippen LogP contribution in [0.2, 0.25) is 0 Å². The van der Waals surface area contributed by atoms with Crippen molar-refractivity contribution >= 4 is 11.0 Å². The summed E-state index contributed by atoms with van der Waals surface area (Å²) in [6, 6.07) is 4.57. The Morgan fingerprint density at radius 1 is 1.23 bits per heavy atom. The van der Waals surface area contributed by atoms with Crippen LogP contribution in [-0.2, 0) is 13.0 Å². The summed E-state index contributed by atoms with van der Waals surface area (Å²) in [6.07, 6.45) is 2.92. The molecule has 0 bridgehead atoms. The van der Waals surface area contributed by atoms with Crippen LogP contribution in [0.25, 0.3) is 11.0 Å². The van der Waals surface area contributed by atoms with Gasteiger partial charge in [-0.25, -0.2) is 9.37 Å². The Kier molecular flexibility index (Phi) is 5.35. The number of hydrogen-bond acceptors (Lipinski definition) is 6. The zero-order valence-electron chi connectivity index (χ0n) is 17.6. The molecule has 2 aliphatic rings. The summed E-state index contributed by atoms with van der Waals surface area (Å²) in [6.45, 7) is 5.02. The molecule has 0 saturated carbocycles. The third-order valence-electron chi connectivity index (χ3n) is 6.75. The minimum absolute atomic E-state index is 0.0424. The maximum Gasteiger partial charge on any atom is 0.256 e. The van der Waals surface area contributed by atoms with Gasteiger partial charge in [0.1, 0.15) is 5.82 Å². The number of piperidine rings is 1. The highest BCUT2D eigenvalue weighted by atomic mass is 19.1. The molecule has 8 heteroatoms. The van der Waals surface area contributed by atoms with Crippen LogP contribution < -0.4 is 10.7 Å². The molecular formula is C23H26FN4O3-. The summed E-state index contributed by atoms with van der Waals surface area (Å²) in [7, 11) is 0. The second-order valence-electron chi connectivity index (χ2n) is 8.70. The van der Waals surface area contributed by atoms with E-state index in [0.29, 0.717) is 36.5 Å². The molecule has 5 rings (SSSR count). The molecule has 2 aliphatic heterocycles. The van der Waals surface area contributed by atoms with Gasteiger partial charge in [-0.2, -0.15) is 0 Å². The summed E-state index contributed by atoms with van der Waals surface area (Å²) in [4.78, 5) is 19.8. The molecule has 0 aliphatic carbocycles. The van der Waals surface area contributed by atoms with Gasteiger partial charge in [-0.1, -0.05) is 17.7 Å². The highest BCUT2D eigenvalue weighted by molar-refractivity contribution is 5.79. The van der Waals surface area contributed by atoms with Gasteiger partial charge in [0.2, 0.25) is 0 Å². The van der Waals surface area contributed by atoms with Crippen molar-refractivity contribution in [2.45, 2.75) is 57.6 Å². The molecule has 0 amide bonds. The van der Waals surface area contributed by atoms with Gasteiger partial charge in [-0.05, 0) is 57.8 Å². The van der Waals surface area contributed by atoms with E-state index in [1.54, 1.807) is 10.6 Å². The molecule has 0 spiro atoms. The van der Waals surface area contributed by atoms with Gasteiger partial charge in [0, 0.05) is 41.7 Å². The number of likely N-dealkylation sites (tertiary alicyclic amines) is 1. The molecule has 0 N–H and O–H groups in total. The molecule has 1 saturated heterocycles. The fourth-order valence-corrected chi connectivity index (χ4v) is 4.96. The van der Waals surface area contributed by atoms with E-state index in [4.69, 9.17) is 4.52 Å². The number of halogens is 1. The van der Waals surface area contributed by atoms with Gasteiger partial charge in [0.25, 0.3) is 5.56 Å². The zero-order valence-corrected chi connectivity index (χ0v) is 17.6. The third kappa shape index (κ3) is 3.78. The first-order chi connectivity index (χ1) is 15.0. The summed E-state index contributed by atoms with van der Waals surface area (Å²) < 4.78 is 20.3. The molecular weight excluding hydrogens is 399 g/mol. The number of aryl methyl sites for hydroxylation is 1. The molecule has 2 aromatic heterocycles. The van der Waals surface area contributed by atoms with Gasteiger partial charge in [-0.3, -0.25) is 9.36 Å². The molecule has 164 valence electrons. The van der Waals surface area contributed by atoms with E-state index in [1.807, 2.05) is 6.92 Å². The molecule has 1 atom stereocenters. The summed E-state index contributed by atoms with van der Waals surface area (Å²) >= 11 is 0. The van der Waals surface area contributed by atoms with Gasteiger partial charge in [0.15, 0.2) is 5.58 Å². The quantitative estimate of drug-likeness (QED) is 0.638. The van der Waals surface area contributed by atoms with Gasteiger partial charge in [-0.15, -0.1) is 0 Å². The average Bonchev–Trinajstić information content (AvgIpc) is 3.18. The molecule has 4 heterocycles. The molecule has 1 fully saturated rings. The first-order valence-corrected chi connectivity index (χ1v) is 11.0. The molecule has 31 heavy (non-hydrogen) atoms.